The molecule has 0 spiro atoms. The first kappa shape index (κ1) is 14.2. The molecule has 0 aromatic heterocycles. The maximum Gasteiger partial charge on any atom is 0.243 e. The van der Waals surface area contributed by atoms with Crippen molar-refractivity contribution in [2.24, 2.45) is 0 Å². The van der Waals surface area contributed by atoms with E-state index in [1.807, 2.05) is 0 Å². The van der Waals surface area contributed by atoms with E-state index in [0.717, 1.165) is 0 Å². The van der Waals surface area contributed by atoms with E-state index < -0.39 is 10.0 Å². The van der Waals surface area contributed by atoms with E-state index in [1.165, 1.54) is 16.4 Å². The molecule has 21 heavy (non-hydrogen) atoms. The molecule has 0 bridgehead atoms. The van der Waals surface area contributed by atoms with Crippen LogP contribution in [0.5, 0.6) is 11.5 Å². The third kappa shape index (κ3) is 2.81. The molecule has 2 aliphatic heterocycles. The first-order valence-electron chi connectivity index (χ1n) is 6.74. The molecule has 0 unspecified atom stereocenters. The predicted molar refractivity (Wildman–Crippen MR) is 73.8 cm³/mol. The number of ether oxygens (including phenoxy) is 2. The van der Waals surface area contributed by atoms with Crippen LogP contribution in [0.1, 0.15) is 6.42 Å². The van der Waals surface area contributed by atoms with Gasteiger partial charge in [0.2, 0.25) is 15.9 Å². The van der Waals surface area contributed by atoms with Crippen molar-refractivity contribution in [1.29, 1.82) is 0 Å². The predicted octanol–water partition coefficient (Wildman–Crippen LogP) is -0.0316. The number of rotatable bonds is 2. The van der Waals surface area contributed by atoms with Crippen molar-refractivity contribution in [1.82, 2.24) is 9.62 Å². The smallest absolute Gasteiger partial charge is 0.243 e. The monoisotopic (exact) mass is 312 g/mol. The SMILES string of the molecule is O=C1CCN(S(=O)(=O)c2ccc3c(c2)OCCO3)CCN1. The number of carbonyl (C=O) groups excluding carboxylic acids is 1. The molecule has 0 atom stereocenters. The second-order valence-electron chi connectivity index (χ2n) is 4.81. The zero-order chi connectivity index (χ0) is 14.9. The van der Waals surface area contributed by atoms with E-state index >= 15 is 0 Å². The van der Waals surface area contributed by atoms with Crippen LogP contribution in [-0.4, -0.2) is 51.5 Å². The number of nitrogens with one attached hydrogen (secondary N) is 1. The van der Waals surface area contributed by atoms with Crippen LogP contribution in [0.2, 0.25) is 0 Å². The van der Waals surface area contributed by atoms with Crippen molar-refractivity contribution in [3.8, 4) is 11.5 Å². The Morgan fingerprint density at radius 3 is 2.67 bits per heavy atom. The molecule has 1 saturated heterocycles. The first-order valence-corrected chi connectivity index (χ1v) is 8.18. The highest BCUT2D eigenvalue weighted by Crippen LogP contribution is 2.33. The summed E-state index contributed by atoms with van der Waals surface area (Å²) in [6, 6.07) is 4.58. The van der Waals surface area contributed by atoms with Gasteiger partial charge in [0.15, 0.2) is 11.5 Å². The molecule has 114 valence electrons. The first-order chi connectivity index (χ1) is 10.1. The third-order valence-corrected chi connectivity index (χ3v) is 5.32. The highest BCUT2D eigenvalue weighted by molar-refractivity contribution is 7.89. The molecule has 0 saturated carbocycles. The number of sulfonamides is 1. The number of nitrogens with zero attached hydrogens (tertiary/aromatic N) is 1. The number of carbonyl (C=O) groups is 1. The van der Waals surface area contributed by atoms with Gasteiger partial charge in [-0.15, -0.1) is 0 Å². The fraction of sp³-hybridized carbons (Fsp3) is 0.462. The minimum absolute atomic E-state index is 0.130. The van der Waals surface area contributed by atoms with Crippen LogP contribution in [0.15, 0.2) is 23.1 Å². The summed E-state index contributed by atoms with van der Waals surface area (Å²) in [7, 11) is -3.64. The lowest BCUT2D eigenvalue weighted by atomic mass is 10.3. The van der Waals surface area contributed by atoms with Gasteiger partial charge in [-0.1, -0.05) is 0 Å². The van der Waals surface area contributed by atoms with Gasteiger partial charge >= 0.3 is 0 Å². The van der Waals surface area contributed by atoms with E-state index in [2.05, 4.69) is 5.32 Å². The number of hydrogen-bond acceptors (Lipinski definition) is 5. The van der Waals surface area contributed by atoms with Crippen molar-refractivity contribution < 1.29 is 22.7 Å². The van der Waals surface area contributed by atoms with Crippen LogP contribution in [0.25, 0.3) is 0 Å². The third-order valence-electron chi connectivity index (χ3n) is 3.42. The Labute approximate surface area is 122 Å². The van der Waals surface area contributed by atoms with Crippen LogP contribution < -0.4 is 14.8 Å². The average molecular weight is 312 g/mol. The van der Waals surface area contributed by atoms with Crippen LogP contribution in [0.4, 0.5) is 0 Å². The molecule has 2 aliphatic rings. The number of fused-ring (bicyclic) bond motifs is 1. The molecule has 2 heterocycles. The fourth-order valence-electron chi connectivity index (χ4n) is 2.32. The number of benzene rings is 1. The Kier molecular flexibility index (Phi) is 3.73. The molecule has 7 nitrogen and oxygen atoms in total. The van der Waals surface area contributed by atoms with Gasteiger partial charge in [0.05, 0.1) is 4.90 Å². The zero-order valence-corrected chi connectivity index (χ0v) is 12.2. The van der Waals surface area contributed by atoms with Crippen molar-refractivity contribution in [2.45, 2.75) is 11.3 Å². The largest absolute Gasteiger partial charge is 0.486 e. The molecule has 8 heteroatoms. The summed E-state index contributed by atoms with van der Waals surface area (Å²) in [4.78, 5) is 11.5. The standard InChI is InChI=1S/C13H16N2O5S/c16-13-3-5-15(6-4-14-13)21(17,18)10-1-2-11-12(9-10)20-8-7-19-11/h1-2,9H,3-8H2,(H,14,16). The Morgan fingerprint density at radius 1 is 1.10 bits per heavy atom. The lowest BCUT2D eigenvalue weighted by Gasteiger charge is -2.22. The number of amides is 1. The Balaban J connectivity index is 1.89. The summed E-state index contributed by atoms with van der Waals surface area (Å²) in [5, 5.41) is 2.66. The van der Waals surface area contributed by atoms with Gasteiger partial charge in [-0.3, -0.25) is 4.79 Å². The summed E-state index contributed by atoms with van der Waals surface area (Å²) in [5.74, 6) is 0.856. The molecular formula is C13H16N2O5S. The van der Waals surface area contributed by atoms with Gasteiger partial charge in [0.25, 0.3) is 0 Å². The molecule has 1 amide bonds. The van der Waals surface area contributed by atoms with Crippen LogP contribution in [0.3, 0.4) is 0 Å². The molecule has 3 rings (SSSR count). The summed E-state index contributed by atoms with van der Waals surface area (Å²) in [6.07, 6.45) is 0.170. The van der Waals surface area contributed by atoms with E-state index in [9.17, 15) is 13.2 Å². The van der Waals surface area contributed by atoms with Crippen LogP contribution in [-0.2, 0) is 14.8 Å². The van der Waals surface area contributed by atoms with Gasteiger partial charge in [-0.25, -0.2) is 8.42 Å². The lowest BCUT2D eigenvalue weighted by Crippen LogP contribution is -2.34. The van der Waals surface area contributed by atoms with Gasteiger partial charge in [-0.05, 0) is 12.1 Å². The summed E-state index contributed by atoms with van der Waals surface area (Å²) < 4.78 is 37.4. The van der Waals surface area contributed by atoms with Gasteiger partial charge in [0.1, 0.15) is 13.2 Å². The van der Waals surface area contributed by atoms with E-state index in [0.29, 0.717) is 31.3 Å². The van der Waals surface area contributed by atoms with Gasteiger partial charge < -0.3 is 14.8 Å². The lowest BCUT2D eigenvalue weighted by molar-refractivity contribution is -0.120. The molecular weight excluding hydrogens is 296 g/mol. The molecule has 0 aliphatic carbocycles. The summed E-state index contributed by atoms with van der Waals surface area (Å²) in [6.45, 7) is 1.63. The van der Waals surface area contributed by atoms with Crippen LogP contribution >= 0.6 is 0 Å². The van der Waals surface area contributed by atoms with Crippen LogP contribution in [0, 0.1) is 0 Å². The molecule has 1 N–H and O–H groups in total. The Bertz CT molecular complexity index is 659. The minimum Gasteiger partial charge on any atom is -0.486 e. The van der Waals surface area contributed by atoms with Crippen molar-refractivity contribution in [3.63, 3.8) is 0 Å². The molecule has 1 aromatic carbocycles. The second kappa shape index (κ2) is 5.53. The van der Waals surface area contributed by atoms with E-state index in [4.69, 9.17) is 9.47 Å². The highest BCUT2D eigenvalue weighted by Gasteiger charge is 2.28. The molecule has 1 aromatic rings. The highest BCUT2D eigenvalue weighted by atomic mass is 32.2. The Hall–Kier alpha value is -1.80. The van der Waals surface area contributed by atoms with E-state index in [-0.39, 0.29) is 30.3 Å². The maximum absolute atomic E-state index is 12.6. The second-order valence-corrected chi connectivity index (χ2v) is 6.75. The van der Waals surface area contributed by atoms with Crippen molar-refractivity contribution in [3.05, 3.63) is 18.2 Å². The van der Waals surface area contributed by atoms with Gasteiger partial charge in [-0.2, -0.15) is 4.31 Å². The quantitative estimate of drug-likeness (QED) is 0.829. The molecule has 1 fully saturated rings. The summed E-state index contributed by atoms with van der Waals surface area (Å²) in [5.41, 5.74) is 0. The normalized spacial score (nSPS) is 19.7. The zero-order valence-electron chi connectivity index (χ0n) is 11.4. The fourth-order valence-corrected chi connectivity index (χ4v) is 3.78. The van der Waals surface area contributed by atoms with Crippen molar-refractivity contribution >= 4 is 15.9 Å². The summed E-state index contributed by atoms with van der Waals surface area (Å²) >= 11 is 0. The van der Waals surface area contributed by atoms with Crippen molar-refractivity contribution in [2.75, 3.05) is 32.8 Å². The molecule has 0 radical (unpaired) electrons. The minimum atomic E-state index is -3.64. The maximum atomic E-state index is 12.6. The topological polar surface area (TPSA) is 84.9 Å². The average Bonchev–Trinajstić information content (AvgIpc) is 2.72. The van der Waals surface area contributed by atoms with E-state index in [1.54, 1.807) is 6.07 Å². The Morgan fingerprint density at radius 2 is 1.86 bits per heavy atom. The number of hydrogen-bond donors (Lipinski definition) is 1. The van der Waals surface area contributed by atoms with Gasteiger partial charge in [0, 0.05) is 32.1 Å².